The van der Waals surface area contributed by atoms with Crippen LogP contribution in [0.25, 0.3) is 0 Å². The van der Waals surface area contributed by atoms with Crippen LogP contribution in [0.4, 0.5) is 0 Å². The standard InChI is InChI=1S/C30H48O4/c1-18-9-14-29(17-31)15-16-30(25(33)34)20(24(29)19(18)2)7-8-22-27(5)12-11-23(32)26(3,4)21(27)10-13-28(22,30)6/h7,18-19,21-24,31-32H,8-17H2,1-6H3,(H,33,34). The summed E-state index contributed by atoms with van der Waals surface area (Å²) in [5, 5.41) is 32.7. The summed E-state index contributed by atoms with van der Waals surface area (Å²) in [6, 6.07) is 0. The SMILES string of the molecule is CC1CCC2(CO)CCC3(C(=O)O)C(=CCC4C5(C)CCC(O)C(C)(C)C5CCC43C)C2C1C. The van der Waals surface area contributed by atoms with Crippen LogP contribution >= 0.6 is 0 Å². The Bertz CT molecular complexity index is 892. The Morgan fingerprint density at radius 2 is 1.68 bits per heavy atom. The summed E-state index contributed by atoms with van der Waals surface area (Å²) in [4.78, 5) is 13.5. The first kappa shape index (κ1) is 24.8. The van der Waals surface area contributed by atoms with Gasteiger partial charge in [-0.3, -0.25) is 4.79 Å². The Labute approximate surface area is 206 Å². The average Bonchev–Trinajstić information content (AvgIpc) is 2.78. The van der Waals surface area contributed by atoms with Crippen LogP contribution in [0.3, 0.4) is 0 Å². The van der Waals surface area contributed by atoms with E-state index in [-0.39, 0.29) is 40.3 Å². The molecule has 0 amide bonds. The molecule has 4 heteroatoms. The fourth-order valence-corrected chi connectivity index (χ4v) is 11.0. The van der Waals surface area contributed by atoms with E-state index in [1.807, 2.05) is 0 Å². The lowest BCUT2D eigenvalue weighted by atomic mass is 9.33. The van der Waals surface area contributed by atoms with Gasteiger partial charge in [-0.2, -0.15) is 0 Å². The predicted octanol–water partition coefficient (Wildman–Crippen LogP) is 6.06. The molecular formula is C30H48O4. The second-order valence-electron chi connectivity index (χ2n) is 14.4. The lowest BCUT2D eigenvalue weighted by molar-refractivity contribution is -0.216. The molecule has 0 aromatic rings. The van der Waals surface area contributed by atoms with Crippen molar-refractivity contribution in [1.29, 1.82) is 0 Å². The summed E-state index contributed by atoms with van der Waals surface area (Å²) >= 11 is 0. The smallest absolute Gasteiger partial charge is 0.314 e. The second-order valence-corrected chi connectivity index (χ2v) is 14.4. The Morgan fingerprint density at radius 1 is 0.971 bits per heavy atom. The van der Waals surface area contributed by atoms with Gasteiger partial charge in [0.2, 0.25) is 0 Å². The van der Waals surface area contributed by atoms with E-state index < -0.39 is 11.4 Å². The van der Waals surface area contributed by atoms with Crippen molar-refractivity contribution in [3.05, 3.63) is 11.6 Å². The fraction of sp³-hybridized carbons (Fsp3) is 0.900. The lowest BCUT2D eigenvalue weighted by Gasteiger charge is -2.70. The molecule has 5 aliphatic carbocycles. The van der Waals surface area contributed by atoms with Crippen molar-refractivity contribution in [1.82, 2.24) is 0 Å². The molecule has 0 aliphatic heterocycles. The molecule has 4 fully saturated rings. The summed E-state index contributed by atoms with van der Waals surface area (Å²) in [5.74, 6) is 1.20. The zero-order valence-corrected chi connectivity index (χ0v) is 22.4. The third kappa shape index (κ3) is 2.76. The van der Waals surface area contributed by atoms with Crippen molar-refractivity contribution >= 4 is 5.97 Å². The van der Waals surface area contributed by atoms with Gasteiger partial charge >= 0.3 is 5.97 Å². The Balaban J connectivity index is 1.66. The molecule has 0 heterocycles. The van der Waals surface area contributed by atoms with Gasteiger partial charge in [0.25, 0.3) is 0 Å². The Morgan fingerprint density at radius 3 is 2.32 bits per heavy atom. The Hall–Kier alpha value is -0.870. The van der Waals surface area contributed by atoms with E-state index in [0.29, 0.717) is 30.1 Å². The number of carbonyl (C=O) groups is 1. The molecule has 10 atom stereocenters. The zero-order chi connectivity index (χ0) is 24.9. The van der Waals surface area contributed by atoms with E-state index in [1.165, 1.54) is 5.57 Å². The number of allylic oxidation sites excluding steroid dienone is 1. The summed E-state index contributed by atoms with van der Waals surface area (Å²) < 4.78 is 0. The van der Waals surface area contributed by atoms with Crippen LogP contribution in [0.15, 0.2) is 11.6 Å². The van der Waals surface area contributed by atoms with Gasteiger partial charge in [0, 0.05) is 12.0 Å². The van der Waals surface area contributed by atoms with E-state index in [2.05, 4.69) is 47.6 Å². The maximum atomic E-state index is 13.5. The maximum absolute atomic E-state index is 13.5. The quantitative estimate of drug-likeness (QED) is 0.427. The fourth-order valence-electron chi connectivity index (χ4n) is 11.0. The topological polar surface area (TPSA) is 77.8 Å². The van der Waals surface area contributed by atoms with E-state index in [9.17, 15) is 20.1 Å². The van der Waals surface area contributed by atoms with E-state index in [4.69, 9.17) is 0 Å². The van der Waals surface area contributed by atoms with Crippen molar-refractivity contribution < 1.29 is 20.1 Å². The van der Waals surface area contributed by atoms with Gasteiger partial charge < -0.3 is 15.3 Å². The molecule has 10 unspecified atom stereocenters. The third-order valence-corrected chi connectivity index (χ3v) is 13.3. The molecule has 0 radical (unpaired) electrons. The molecule has 4 saturated carbocycles. The van der Waals surface area contributed by atoms with Gasteiger partial charge in [-0.1, -0.05) is 53.2 Å². The molecule has 5 rings (SSSR count). The largest absolute Gasteiger partial charge is 0.481 e. The summed E-state index contributed by atoms with van der Waals surface area (Å²) in [5.41, 5.74) is -0.210. The number of carboxylic acids is 1. The molecular weight excluding hydrogens is 424 g/mol. The first-order valence-electron chi connectivity index (χ1n) is 14.0. The third-order valence-electron chi connectivity index (χ3n) is 13.3. The monoisotopic (exact) mass is 472 g/mol. The number of rotatable bonds is 2. The summed E-state index contributed by atoms with van der Waals surface area (Å²) in [7, 11) is 0. The Kier molecular flexibility index (Phi) is 5.52. The van der Waals surface area contributed by atoms with Crippen LogP contribution < -0.4 is 0 Å². The number of aliphatic carboxylic acids is 1. The minimum Gasteiger partial charge on any atom is -0.481 e. The summed E-state index contributed by atoms with van der Waals surface area (Å²) in [6.45, 7) is 14.0. The van der Waals surface area contributed by atoms with Crippen LogP contribution in [0.1, 0.15) is 99.3 Å². The van der Waals surface area contributed by atoms with Crippen LogP contribution in [0.2, 0.25) is 0 Å². The van der Waals surface area contributed by atoms with Gasteiger partial charge in [-0.15, -0.1) is 0 Å². The molecule has 0 spiro atoms. The van der Waals surface area contributed by atoms with Crippen LogP contribution in [-0.4, -0.2) is 34.0 Å². The number of aliphatic hydroxyl groups is 2. The highest BCUT2D eigenvalue weighted by molar-refractivity contribution is 5.81. The minimum absolute atomic E-state index is 0.0389. The van der Waals surface area contributed by atoms with Gasteiger partial charge in [-0.25, -0.2) is 0 Å². The molecule has 0 saturated heterocycles. The van der Waals surface area contributed by atoms with E-state index >= 15 is 0 Å². The van der Waals surface area contributed by atoms with Crippen molar-refractivity contribution in [2.45, 2.75) is 105 Å². The first-order chi connectivity index (χ1) is 15.8. The van der Waals surface area contributed by atoms with Crippen LogP contribution in [0.5, 0.6) is 0 Å². The van der Waals surface area contributed by atoms with Crippen molar-refractivity contribution in [2.75, 3.05) is 6.61 Å². The van der Waals surface area contributed by atoms with Gasteiger partial charge in [0.05, 0.1) is 11.5 Å². The van der Waals surface area contributed by atoms with Gasteiger partial charge in [0.15, 0.2) is 0 Å². The highest BCUT2D eigenvalue weighted by Crippen LogP contribution is 2.75. The molecule has 192 valence electrons. The van der Waals surface area contributed by atoms with Gasteiger partial charge in [0.1, 0.15) is 0 Å². The van der Waals surface area contributed by atoms with Crippen LogP contribution in [0, 0.1) is 56.7 Å². The number of hydrogen-bond donors (Lipinski definition) is 3. The molecule has 4 nitrogen and oxygen atoms in total. The first-order valence-corrected chi connectivity index (χ1v) is 14.0. The van der Waals surface area contributed by atoms with E-state index in [1.54, 1.807) is 0 Å². The average molecular weight is 473 g/mol. The molecule has 3 N–H and O–H groups in total. The normalized spacial score (nSPS) is 54.1. The molecule has 34 heavy (non-hydrogen) atoms. The second kappa shape index (κ2) is 7.57. The summed E-state index contributed by atoms with van der Waals surface area (Å²) in [6.07, 6.45) is 10.4. The van der Waals surface area contributed by atoms with E-state index in [0.717, 1.165) is 51.4 Å². The van der Waals surface area contributed by atoms with Crippen LogP contribution in [-0.2, 0) is 4.79 Å². The van der Waals surface area contributed by atoms with Crippen molar-refractivity contribution in [3.8, 4) is 0 Å². The number of carboxylic acid groups (broad SMARTS) is 1. The lowest BCUT2D eigenvalue weighted by Crippen LogP contribution is -2.67. The highest BCUT2D eigenvalue weighted by atomic mass is 16.4. The molecule has 0 aromatic carbocycles. The minimum atomic E-state index is -0.835. The zero-order valence-electron chi connectivity index (χ0n) is 22.4. The maximum Gasteiger partial charge on any atom is 0.314 e. The molecule has 5 aliphatic rings. The number of fused-ring (bicyclic) bond motifs is 7. The number of hydrogen-bond acceptors (Lipinski definition) is 3. The highest BCUT2D eigenvalue weighted by Gasteiger charge is 2.72. The van der Waals surface area contributed by atoms with Gasteiger partial charge in [-0.05, 0) is 104 Å². The van der Waals surface area contributed by atoms with Crippen molar-refractivity contribution in [3.63, 3.8) is 0 Å². The number of aliphatic hydroxyl groups excluding tert-OH is 2. The van der Waals surface area contributed by atoms with Crippen molar-refractivity contribution in [2.24, 2.45) is 56.7 Å². The molecule has 0 bridgehead atoms. The molecule has 0 aromatic heterocycles. The predicted molar refractivity (Wildman–Crippen MR) is 134 cm³/mol.